The van der Waals surface area contributed by atoms with E-state index in [1.165, 1.54) is 18.4 Å². The smallest absolute Gasteiger partial charge is 0.220 e. The van der Waals surface area contributed by atoms with E-state index in [0.717, 1.165) is 43.9 Å². The zero-order chi connectivity index (χ0) is 18.0. The highest BCUT2D eigenvalue weighted by Crippen LogP contribution is 2.36. The van der Waals surface area contributed by atoms with Gasteiger partial charge in [-0.05, 0) is 62.1 Å². The minimum Gasteiger partial charge on any atom is -0.381 e. The van der Waals surface area contributed by atoms with Gasteiger partial charge in [0.15, 0.2) is 0 Å². The van der Waals surface area contributed by atoms with E-state index in [1.807, 2.05) is 18.2 Å². The van der Waals surface area contributed by atoms with Gasteiger partial charge in [0.25, 0.3) is 0 Å². The summed E-state index contributed by atoms with van der Waals surface area (Å²) < 4.78 is 5.58. The molecule has 3 saturated heterocycles. The van der Waals surface area contributed by atoms with Gasteiger partial charge in [0, 0.05) is 48.7 Å². The van der Waals surface area contributed by atoms with Crippen molar-refractivity contribution >= 4 is 17.5 Å². The van der Waals surface area contributed by atoms with E-state index in [9.17, 15) is 4.79 Å². The summed E-state index contributed by atoms with van der Waals surface area (Å²) in [6, 6.07) is 9.36. The van der Waals surface area contributed by atoms with Crippen LogP contribution in [-0.4, -0.2) is 37.7 Å². The molecule has 0 saturated carbocycles. The van der Waals surface area contributed by atoms with E-state index < -0.39 is 0 Å². The van der Waals surface area contributed by atoms with E-state index >= 15 is 0 Å². The highest BCUT2D eigenvalue weighted by molar-refractivity contribution is 6.30. The SMILES string of the molecule is O=C(CC1CC2CCC(C1)N2)NCC1(c2cccc(Cl)c2)CCOCC1. The van der Waals surface area contributed by atoms with Crippen LogP contribution < -0.4 is 10.6 Å². The van der Waals surface area contributed by atoms with Crippen molar-refractivity contribution in [2.45, 2.75) is 62.4 Å². The highest BCUT2D eigenvalue weighted by atomic mass is 35.5. The first kappa shape index (κ1) is 18.3. The first-order valence-electron chi connectivity index (χ1n) is 9.99. The number of hydrogen-bond acceptors (Lipinski definition) is 3. The summed E-state index contributed by atoms with van der Waals surface area (Å²) in [6.45, 7) is 2.15. The van der Waals surface area contributed by atoms with Crippen molar-refractivity contribution in [3.63, 3.8) is 0 Å². The molecule has 3 heterocycles. The summed E-state index contributed by atoms with van der Waals surface area (Å²) in [7, 11) is 0. The number of amides is 1. The molecule has 142 valence electrons. The third-order valence-electron chi connectivity index (χ3n) is 6.56. The van der Waals surface area contributed by atoms with Gasteiger partial charge in [-0.25, -0.2) is 0 Å². The molecular formula is C21H29ClN2O2. The molecule has 1 amide bonds. The van der Waals surface area contributed by atoms with E-state index in [2.05, 4.69) is 16.7 Å². The molecule has 1 aromatic carbocycles. The molecule has 4 rings (SSSR count). The summed E-state index contributed by atoms with van der Waals surface area (Å²) in [5, 5.41) is 7.66. The van der Waals surface area contributed by atoms with Gasteiger partial charge in [0.2, 0.25) is 5.91 Å². The summed E-state index contributed by atoms with van der Waals surface area (Å²) in [4.78, 5) is 12.6. The van der Waals surface area contributed by atoms with Gasteiger partial charge < -0.3 is 15.4 Å². The van der Waals surface area contributed by atoms with Gasteiger partial charge in [0.05, 0.1) is 0 Å². The maximum absolute atomic E-state index is 12.6. The maximum Gasteiger partial charge on any atom is 0.220 e. The average molecular weight is 377 g/mol. The van der Waals surface area contributed by atoms with Gasteiger partial charge in [-0.1, -0.05) is 23.7 Å². The fourth-order valence-corrected chi connectivity index (χ4v) is 5.28. The Labute approximate surface area is 161 Å². The Kier molecular flexibility index (Phi) is 5.53. The molecule has 1 aromatic rings. The second kappa shape index (κ2) is 7.87. The lowest BCUT2D eigenvalue weighted by Gasteiger charge is -2.38. The fraction of sp³-hybridized carbons (Fsp3) is 0.667. The second-order valence-electron chi connectivity index (χ2n) is 8.36. The van der Waals surface area contributed by atoms with Crippen LogP contribution in [0.5, 0.6) is 0 Å². The topological polar surface area (TPSA) is 50.4 Å². The molecule has 3 aliphatic heterocycles. The molecule has 2 bridgehead atoms. The third kappa shape index (κ3) is 4.08. The number of piperidine rings is 1. The quantitative estimate of drug-likeness (QED) is 0.827. The predicted octanol–water partition coefficient (Wildman–Crippen LogP) is 3.43. The second-order valence-corrected chi connectivity index (χ2v) is 8.80. The van der Waals surface area contributed by atoms with Crippen molar-refractivity contribution in [1.29, 1.82) is 0 Å². The predicted molar refractivity (Wildman–Crippen MR) is 103 cm³/mol. The number of nitrogens with one attached hydrogen (secondary N) is 2. The van der Waals surface area contributed by atoms with Gasteiger partial charge in [-0.3, -0.25) is 4.79 Å². The van der Waals surface area contributed by atoms with Crippen LogP contribution in [0, 0.1) is 5.92 Å². The lowest BCUT2D eigenvalue weighted by Crippen LogP contribution is -2.45. The van der Waals surface area contributed by atoms with Crippen molar-refractivity contribution in [3.05, 3.63) is 34.9 Å². The Hall–Kier alpha value is -1.10. The summed E-state index contributed by atoms with van der Waals surface area (Å²) in [5.41, 5.74) is 1.15. The monoisotopic (exact) mass is 376 g/mol. The average Bonchev–Trinajstić information content (AvgIpc) is 2.99. The molecule has 0 aromatic heterocycles. The summed E-state index contributed by atoms with van der Waals surface area (Å²) >= 11 is 6.23. The number of hydrogen-bond donors (Lipinski definition) is 2. The Bertz CT molecular complexity index is 633. The number of fused-ring (bicyclic) bond motifs is 2. The molecule has 4 nitrogen and oxygen atoms in total. The van der Waals surface area contributed by atoms with Crippen LogP contribution in [-0.2, 0) is 14.9 Å². The third-order valence-corrected chi connectivity index (χ3v) is 6.79. The largest absolute Gasteiger partial charge is 0.381 e. The van der Waals surface area contributed by atoms with Crippen LogP contribution >= 0.6 is 11.6 Å². The molecule has 2 N–H and O–H groups in total. The van der Waals surface area contributed by atoms with E-state index in [0.29, 0.717) is 31.0 Å². The molecule has 0 spiro atoms. The highest BCUT2D eigenvalue weighted by Gasteiger charge is 2.36. The van der Waals surface area contributed by atoms with Gasteiger partial charge in [0.1, 0.15) is 0 Å². The van der Waals surface area contributed by atoms with Crippen LogP contribution in [0.4, 0.5) is 0 Å². The number of ether oxygens (including phenoxy) is 1. The van der Waals surface area contributed by atoms with E-state index in [-0.39, 0.29) is 11.3 Å². The van der Waals surface area contributed by atoms with Crippen LogP contribution in [0.3, 0.4) is 0 Å². The standard InChI is InChI=1S/C21H29ClN2O2/c22-17-3-1-2-16(13-17)21(6-8-26-9-7-21)14-23-20(25)12-15-10-18-4-5-19(11-15)24-18/h1-3,13,15,18-19,24H,4-12,14H2,(H,23,25). The minimum atomic E-state index is -0.0635. The molecule has 0 radical (unpaired) electrons. The molecule has 3 aliphatic rings. The van der Waals surface area contributed by atoms with E-state index in [1.54, 1.807) is 0 Å². The van der Waals surface area contributed by atoms with Crippen molar-refractivity contribution in [2.75, 3.05) is 19.8 Å². The van der Waals surface area contributed by atoms with Crippen molar-refractivity contribution < 1.29 is 9.53 Å². The lowest BCUT2D eigenvalue weighted by molar-refractivity contribution is -0.122. The van der Waals surface area contributed by atoms with Gasteiger partial charge in [-0.15, -0.1) is 0 Å². The molecule has 0 aliphatic carbocycles. The Balaban J connectivity index is 1.38. The van der Waals surface area contributed by atoms with Crippen LogP contribution in [0.15, 0.2) is 24.3 Å². The molecule has 2 unspecified atom stereocenters. The number of benzene rings is 1. The van der Waals surface area contributed by atoms with Crippen molar-refractivity contribution in [3.8, 4) is 0 Å². The minimum absolute atomic E-state index is 0.0635. The molecule has 2 atom stereocenters. The number of carbonyl (C=O) groups is 1. The zero-order valence-electron chi connectivity index (χ0n) is 15.3. The summed E-state index contributed by atoms with van der Waals surface area (Å²) in [5.74, 6) is 0.731. The van der Waals surface area contributed by atoms with Crippen LogP contribution in [0.1, 0.15) is 50.5 Å². The molecule has 3 fully saturated rings. The zero-order valence-corrected chi connectivity index (χ0v) is 16.1. The molecule has 26 heavy (non-hydrogen) atoms. The Morgan fingerprint density at radius 2 is 1.96 bits per heavy atom. The maximum atomic E-state index is 12.6. The number of halogens is 1. The fourth-order valence-electron chi connectivity index (χ4n) is 5.09. The normalized spacial score (nSPS) is 30.1. The van der Waals surface area contributed by atoms with Crippen molar-refractivity contribution in [1.82, 2.24) is 10.6 Å². The first-order chi connectivity index (χ1) is 12.6. The number of carbonyl (C=O) groups excluding carboxylic acids is 1. The van der Waals surface area contributed by atoms with Crippen molar-refractivity contribution in [2.24, 2.45) is 5.92 Å². The van der Waals surface area contributed by atoms with Crippen LogP contribution in [0.2, 0.25) is 5.02 Å². The van der Waals surface area contributed by atoms with Gasteiger partial charge in [-0.2, -0.15) is 0 Å². The van der Waals surface area contributed by atoms with Gasteiger partial charge >= 0.3 is 0 Å². The van der Waals surface area contributed by atoms with Crippen LogP contribution in [0.25, 0.3) is 0 Å². The lowest BCUT2D eigenvalue weighted by atomic mass is 9.74. The molecule has 5 heteroatoms. The summed E-state index contributed by atoms with van der Waals surface area (Å²) in [6.07, 6.45) is 7.36. The first-order valence-corrected chi connectivity index (χ1v) is 10.4. The van der Waals surface area contributed by atoms with E-state index in [4.69, 9.17) is 16.3 Å². The Morgan fingerprint density at radius 1 is 1.23 bits per heavy atom. The number of rotatable bonds is 5. The molecular weight excluding hydrogens is 348 g/mol. The Morgan fingerprint density at radius 3 is 2.65 bits per heavy atom.